The number of aryl methyl sites for hydroxylation is 1. The van der Waals surface area contributed by atoms with Gasteiger partial charge in [0.15, 0.2) is 0 Å². The van der Waals surface area contributed by atoms with Crippen LogP contribution in [0, 0.1) is 0 Å². The molecule has 0 aliphatic heterocycles. The fourth-order valence-electron chi connectivity index (χ4n) is 3.03. The second-order valence-corrected chi connectivity index (χ2v) is 5.29. The lowest BCUT2D eigenvalue weighted by Crippen LogP contribution is -2.20. The first-order valence-electron chi connectivity index (χ1n) is 6.24. The zero-order chi connectivity index (χ0) is 11.8. The van der Waals surface area contributed by atoms with Crippen LogP contribution in [0.2, 0.25) is 5.02 Å². The molecule has 3 rings (SSSR count). The molecule has 1 heterocycles. The lowest BCUT2D eigenvalue weighted by molar-refractivity contribution is 0.529. The van der Waals surface area contributed by atoms with Gasteiger partial charge in [-0.1, -0.05) is 17.7 Å². The highest BCUT2D eigenvalue weighted by atomic mass is 35.5. The molecule has 1 aromatic carbocycles. The monoisotopic (exact) mass is 248 g/mol. The fourth-order valence-corrected chi connectivity index (χ4v) is 3.20. The predicted octanol–water partition coefficient (Wildman–Crippen LogP) is 3.46. The van der Waals surface area contributed by atoms with Crippen LogP contribution >= 0.6 is 11.6 Å². The van der Waals surface area contributed by atoms with Crippen molar-refractivity contribution in [3.63, 3.8) is 0 Å². The molecular weight excluding hydrogens is 232 g/mol. The van der Waals surface area contributed by atoms with Crippen LogP contribution in [-0.4, -0.2) is 18.6 Å². The van der Waals surface area contributed by atoms with Crippen LogP contribution in [0.4, 0.5) is 0 Å². The van der Waals surface area contributed by atoms with Crippen LogP contribution < -0.4 is 5.32 Å². The highest BCUT2D eigenvalue weighted by Crippen LogP contribution is 2.37. The second kappa shape index (κ2) is 4.35. The van der Waals surface area contributed by atoms with E-state index in [1.54, 1.807) is 0 Å². The summed E-state index contributed by atoms with van der Waals surface area (Å²) in [7, 11) is 2.03. The largest absolute Gasteiger partial charge is 0.358 e. The molecule has 1 unspecified atom stereocenters. The Labute approximate surface area is 106 Å². The van der Waals surface area contributed by atoms with Gasteiger partial charge in [-0.3, -0.25) is 0 Å². The van der Waals surface area contributed by atoms with Gasteiger partial charge in [-0.2, -0.15) is 0 Å². The maximum atomic E-state index is 6.05. The number of fused-ring (bicyclic) bond motifs is 3. The van der Waals surface area contributed by atoms with Gasteiger partial charge in [-0.05, 0) is 49.9 Å². The number of rotatable bonds is 2. The van der Waals surface area contributed by atoms with Crippen molar-refractivity contribution < 1.29 is 0 Å². The first-order chi connectivity index (χ1) is 8.29. The average molecular weight is 249 g/mol. The van der Waals surface area contributed by atoms with Crippen LogP contribution in [-0.2, 0) is 6.42 Å². The topological polar surface area (TPSA) is 27.8 Å². The Bertz CT molecular complexity index is 544. The summed E-state index contributed by atoms with van der Waals surface area (Å²) >= 11 is 6.05. The van der Waals surface area contributed by atoms with E-state index < -0.39 is 0 Å². The zero-order valence-electron chi connectivity index (χ0n) is 10.0. The van der Waals surface area contributed by atoms with Gasteiger partial charge in [0.2, 0.25) is 0 Å². The summed E-state index contributed by atoms with van der Waals surface area (Å²) in [5.41, 5.74) is 4.11. The molecule has 0 spiro atoms. The molecule has 3 heteroatoms. The minimum atomic E-state index is 0.638. The van der Waals surface area contributed by atoms with Gasteiger partial charge in [-0.15, -0.1) is 0 Å². The normalized spacial score (nSPS) is 19.5. The Morgan fingerprint density at radius 1 is 1.47 bits per heavy atom. The first kappa shape index (κ1) is 11.1. The fraction of sp³-hybridized carbons (Fsp3) is 0.429. The summed E-state index contributed by atoms with van der Waals surface area (Å²) in [6, 6.07) is 6.18. The summed E-state index contributed by atoms with van der Waals surface area (Å²) in [4.78, 5) is 3.53. The van der Waals surface area contributed by atoms with E-state index in [9.17, 15) is 0 Å². The molecular formula is C14H17ClN2. The minimum Gasteiger partial charge on any atom is -0.358 e. The lowest BCUT2D eigenvalue weighted by Gasteiger charge is -2.22. The Morgan fingerprint density at radius 2 is 2.35 bits per heavy atom. The molecule has 0 amide bonds. The SMILES string of the molecule is CNCC1CCCc2[nH]c3cc(Cl)ccc3c21. The number of benzene rings is 1. The van der Waals surface area contributed by atoms with Crippen molar-refractivity contribution in [1.29, 1.82) is 0 Å². The van der Waals surface area contributed by atoms with Gasteiger partial charge in [0, 0.05) is 28.2 Å². The summed E-state index contributed by atoms with van der Waals surface area (Å²) < 4.78 is 0. The first-order valence-corrected chi connectivity index (χ1v) is 6.62. The van der Waals surface area contributed by atoms with Gasteiger partial charge in [0.1, 0.15) is 0 Å². The molecule has 1 atom stereocenters. The number of aromatic amines is 1. The van der Waals surface area contributed by atoms with E-state index >= 15 is 0 Å². The van der Waals surface area contributed by atoms with Crippen LogP contribution in [0.5, 0.6) is 0 Å². The van der Waals surface area contributed by atoms with Gasteiger partial charge < -0.3 is 10.3 Å². The summed E-state index contributed by atoms with van der Waals surface area (Å²) in [6.07, 6.45) is 3.73. The third-order valence-electron chi connectivity index (χ3n) is 3.72. The standard InChI is InChI=1S/C14H17ClN2/c1-16-8-9-3-2-4-12-14(9)11-6-5-10(15)7-13(11)17-12/h5-7,9,16-17H,2-4,8H2,1H3. The maximum Gasteiger partial charge on any atom is 0.0474 e. The van der Waals surface area contributed by atoms with Crippen molar-refractivity contribution in [3.8, 4) is 0 Å². The van der Waals surface area contributed by atoms with E-state index in [4.69, 9.17) is 11.6 Å². The van der Waals surface area contributed by atoms with Gasteiger partial charge >= 0.3 is 0 Å². The molecule has 0 saturated heterocycles. The summed E-state index contributed by atoms with van der Waals surface area (Å²) in [5, 5.41) is 5.46. The number of nitrogens with one attached hydrogen (secondary N) is 2. The Morgan fingerprint density at radius 3 is 3.18 bits per heavy atom. The van der Waals surface area contributed by atoms with E-state index in [1.807, 2.05) is 19.2 Å². The molecule has 17 heavy (non-hydrogen) atoms. The average Bonchev–Trinajstić information content (AvgIpc) is 2.67. The van der Waals surface area contributed by atoms with Gasteiger partial charge in [0.05, 0.1) is 0 Å². The summed E-state index contributed by atoms with van der Waals surface area (Å²) in [6.45, 7) is 1.06. The maximum absolute atomic E-state index is 6.05. The molecule has 0 bridgehead atoms. The van der Waals surface area contributed by atoms with E-state index in [-0.39, 0.29) is 0 Å². The van der Waals surface area contributed by atoms with Crippen LogP contribution in [0.15, 0.2) is 18.2 Å². The molecule has 0 fully saturated rings. The Hall–Kier alpha value is -0.990. The summed E-state index contributed by atoms with van der Waals surface area (Å²) in [5.74, 6) is 0.638. The number of hydrogen-bond donors (Lipinski definition) is 2. The van der Waals surface area contributed by atoms with Crippen molar-refractivity contribution in [1.82, 2.24) is 10.3 Å². The lowest BCUT2D eigenvalue weighted by atomic mass is 9.85. The molecule has 1 aliphatic rings. The molecule has 2 aromatic rings. The van der Waals surface area contributed by atoms with E-state index in [0.717, 1.165) is 11.6 Å². The second-order valence-electron chi connectivity index (χ2n) is 4.85. The van der Waals surface area contributed by atoms with E-state index in [1.165, 1.54) is 41.4 Å². The molecule has 90 valence electrons. The van der Waals surface area contributed by atoms with Crippen LogP contribution in [0.1, 0.15) is 30.0 Å². The van der Waals surface area contributed by atoms with Crippen molar-refractivity contribution in [2.45, 2.75) is 25.2 Å². The van der Waals surface area contributed by atoms with Crippen molar-refractivity contribution >= 4 is 22.5 Å². The third-order valence-corrected chi connectivity index (χ3v) is 3.96. The molecule has 2 nitrogen and oxygen atoms in total. The smallest absolute Gasteiger partial charge is 0.0474 e. The number of halogens is 1. The van der Waals surface area contributed by atoms with Crippen LogP contribution in [0.3, 0.4) is 0 Å². The highest BCUT2D eigenvalue weighted by molar-refractivity contribution is 6.31. The van der Waals surface area contributed by atoms with Crippen molar-refractivity contribution in [2.75, 3.05) is 13.6 Å². The minimum absolute atomic E-state index is 0.638. The number of hydrogen-bond acceptors (Lipinski definition) is 1. The molecule has 0 saturated carbocycles. The molecule has 1 aromatic heterocycles. The molecule has 2 N–H and O–H groups in total. The zero-order valence-corrected chi connectivity index (χ0v) is 10.8. The van der Waals surface area contributed by atoms with E-state index in [2.05, 4.69) is 16.4 Å². The molecule has 0 radical (unpaired) electrons. The van der Waals surface area contributed by atoms with E-state index in [0.29, 0.717) is 5.92 Å². The van der Waals surface area contributed by atoms with Gasteiger partial charge in [0.25, 0.3) is 0 Å². The Kier molecular flexibility index (Phi) is 2.85. The number of likely N-dealkylation sites (N-methyl/N-ethyl adjacent to an activating group) is 1. The predicted molar refractivity (Wildman–Crippen MR) is 72.9 cm³/mol. The third kappa shape index (κ3) is 1.85. The van der Waals surface area contributed by atoms with Crippen LogP contribution in [0.25, 0.3) is 10.9 Å². The Balaban J connectivity index is 2.17. The number of H-pyrrole nitrogens is 1. The molecule has 1 aliphatic carbocycles. The quantitative estimate of drug-likeness (QED) is 0.837. The number of aromatic nitrogens is 1. The van der Waals surface area contributed by atoms with Crippen molar-refractivity contribution in [3.05, 3.63) is 34.5 Å². The van der Waals surface area contributed by atoms with Crippen molar-refractivity contribution in [2.24, 2.45) is 0 Å². The van der Waals surface area contributed by atoms with Gasteiger partial charge in [-0.25, -0.2) is 0 Å². The highest BCUT2D eigenvalue weighted by Gasteiger charge is 2.23.